The summed E-state index contributed by atoms with van der Waals surface area (Å²) in [6.45, 7) is 0. The number of hydrogen-bond acceptors (Lipinski definition) is 0. The van der Waals surface area contributed by atoms with E-state index >= 15 is 0 Å². The van der Waals surface area contributed by atoms with E-state index in [2.05, 4.69) is 15.9 Å². The molecule has 0 aromatic heterocycles. The molecule has 0 aromatic carbocycles. The second-order valence-corrected chi connectivity index (χ2v) is 3.07. The molecule has 0 saturated heterocycles. The van der Waals surface area contributed by atoms with Crippen LogP contribution in [-0.4, -0.2) is 10.1 Å². The number of hydrogen-bond donors (Lipinski definition) is 0. The molecule has 2 atom stereocenters. The van der Waals surface area contributed by atoms with E-state index in [1.54, 1.807) is 0 Å². The number of halogens is 1. The van der Waals surface area contributed by atoms with Crippen LogP contribution in [0.2, 0.25) is 0 Å². The van der Waals surface area contributed by atoms with Crippen LogP contribution in [0, 0.1) is 0 Å². The summed E-state index contributed by atoms with van der Waals surface area (Å²) in [4.78, 5) is 0.678. The molecule has 1 aliphatic rings. The van der Waals surface area contributed by atoms with Crippen LogP contribution in [0.5, 0.6) is 0 Å². The molecular weight excluding hydrogens is 148 g/mol. The van der Waals surface area contributed by atoms with Crippen molar-refractivity contribution in [2.75, 3.05) is 0 Å². The lowest BCUT2D eigenvalue weighted by molar-refractivity contribution is 1.53. The molecule has 2 unspecified atom stereocenters. The fraction of sp³-hybridized carbons (Fsp3) is 1.00. The summed E-state index contributed by atoms with van der Waals surface area (Å²) in [6.07, 6.45) is 1.20. The molecule has 1 radical (unpaired) electrons. The number of rotatable bonds is 0. The fourth-order valence-corrected chi connectivity index (χ4v) is 1.00. The molecule has 0 spiro atoms. The molecule has 5 heavy (non-hydrogen) atoms. The molecule has 0 aromatic rings. The van der Waals surface area contributed by atoms with Crippen molar-refractivity contribution in [1.29, 1.82) is 0 Å². The van der Waals surface area contributed by atoms with Crippen molar-refractivity contribution in [3.63, 3.8) is 0 Å². The molecule has 0 aliphatic heterocycles. The predicted molar refractivity (Wildman–Crippen MR) is 28.7 cm³/mol. The lowest BCUT2D eigenvalue weighted by atomic mass is 11.0. The summed E-state index contributed by atoms with van der Waals surface area (Å²) in [6, 6.07) is 0. The summed E-state index contributed by atoms with van der Waals surface area (Å²) in [5.74, 6) is 0. The quantitative estimate of drug-likeness (QED) is 0.463. The molecule has 1 saturated carbocycles. The molecule has 1 aliphatic carbocycles. The van der Waals surface area contributed by atoms with Gasteiger partial charge in [-0.05, 0) is 6.42 Å². The molecule has 0 bridgehead atoms. The smallest absolute Gasteiger partial charge is 0.0288 e. The molecule has 0 amide bonds. The largest absolute Gasteiger partial charge is 0.0892 e. The average molecular weight is 152 g/mol. The van der Waals surface area contributed by atoms with Gasteiger partial charge in [-0.3, -0.25) is 0 Å². The molecule has 0 heterocycles. The summed E-state index contributed by atoms with van der Waals surface area (Å²) in [7, 11) is 0. The Bertz CT molecular complexity index is 40.2. The first-order valence-corrected chi connectivity index (χ1v) is 2.99. The van der Waals surface area contributed by atoms with Gasteiger partial charge in [-0.1, -0.05) is 28.6 Å². The van der Waals surface area contributed by atoms with Gasteiger partial charge in [0.05, 0.1) is 0 Å². The maximum absolute atomic E-state index is 4.81. The van der Waals surface area contributed by atoms with E-state index < -0.39 is 0 Å². The Balaban J connectivity index is 2.20. The second kappa shape index (κ2) is 1.16. The highest BCUT2D eigenvalue weighted by Crippen LogP contribution is 2.34. The molecule has 0 nitrogen and oxygen atoms in total. The van der Waals surface area contributed by atoms with E-state index in [0.29, 0.717) is 10.1 Å². The zero-order chi connectivity index (χ0) is 3.86. The fourth-order valence-electron chi connectivity index (χ4n) is 0.143. The molecular formula is C3H4BrS. The lowest BCUT2D eigenvalue weighted by Crippen LogP contribution is -1.63. The third-order valence-corrected chi connectivity index (χ3v) is 2.54. The summed E-state index contributed by atoms with van der Waals surface area (Å²) in [5, 5.41) is 0.551. The van der Waals surface area contributed by atoms with Gasteiger partial charge in [-0.25, -0.2) is 0 Å². The highest BCUT2D eigenvalue weighted by molar-refractivity contribution is 9.09. The molecule has 2 heteroatoms. The minimum atomic E-state index is 0.551. The Morgan fingerprint density at radius 3 is 2.00 bits per heavy atom. The lowest BCUT2D eigenvalue weighted by Gasteiger charge is -1.62. The van der Waals surface area contributed by atoms with Crippen LogP contribution < -0.4 is 0 Å². The third-order valence-electron chi connectivity index (χ3n) is 0.658. The van der Waals surface area contributed by atoms with Gasteiger partial charge in [0.1, 0.15) is 0 Å². The normalized spacial score (nSPS) is 49.2. The Kier molecular flexibility index (Phi) is 0.925. The van der Waals surface area contributed by atoms with E-state index in [1.807, 2.05) is 0 Å². The van der Waals surface area contributed by atoms with Crippen LogP contribution in [0.25, 0.3) is 0 Å². The average Bonchev–Trinajstić information content (AvgIpc) is 1.79. The maximum Gasteiger partial charge on any atom is 0.0288 e. The molecule has 0 N–H and O–H groups in total. The van der Waals surface area contributed by atoms with Crippen molar-refractivity contribution in [2.45, 2.75) is 16.5 Å². The van der Waals surface area contributed by atoms with Gasteiger partial charge in [0, 0.05) is 10.1 Å². The first kappa shape index (κ1) is 4.00. The standard InChI is InChI=1S/C3H4BrS/c4-2-1-3(2)5/h2-3H,1H2. The van der Waals surface area contributed by atoms with Gasteiger partial charge in [-0.15, -0.1) is 0 Å². The summed E-state index contributed by atoms with van der Waals surface area (Å²) < 4.78 is 0. The van der Waals surface area contributed by atoms with Gasteiger partial charge < -0.3 is 0 Å². The zero-order valence-electron chi connectivity index (χ0n) is 2.65. The highest BCUT2D eigenvalue weighted by Gasteiger charge is 2.31. The van der Waals surface area contributed by atoms with Crippen molar-refractivity contribution >= 4 is 28.6 Å². The molecule has 1 fully saturated rings. The van der Waals surface area contributed by atoms with E-state index in [-0.39, 0.29) is 0 Å². The van der Waals surface area contributed by atoms with Crippen molar-refractivity contribution in [3.05, 3.63) is 0 Å². The van der Waals surface area contributed by atoms with Gasteiger partial charge in [0.15, 0.2) is 0 Å². The first-order valence-electron chi connectivity index (χ1n) is 1.60. The van der Waals surface area contributed by atoms with Crippen LogP contribution in [0.1, 0.15) is 6.42 Å². The third kappa shape index (κ3) is 0.829. The Morgan fingerprint density at radius 2 is 2.00 bits per heavy atom. The maximum atomic E-state index is 4.81. The Morgan fingerprint density at radius 1 is 1.80 bits per heavy atom. The van der Waals surface area contributed by atoms with Crippen LogP contribution in [0.15, 0.2) is 0 Å². The monoisotopic (exact) mass is 151 g/mol. The Labute approximate surface area is 45.5 Å². The zero-order valence-corrected chi connectivity index (χ0v) is 5.05. The Hall–Kier alpha value is 0.830. The van der Waals surface area contributed by atoms with Crippen molar-refractivity contribution < 1.29 is 0 Å². The van der Waals surface area contributed by atoms with Crippen LogP contribution in [-0.2, 0) is 0 Å². The number of alkyl halides is 1. The second-order valence-electron chi connectivity index (χ2n) is 1.29. The minimum absolute atomic E-state index is 0.551. The predicted octanol–water partition coefficient (Wildman–Crippen LogP) is 1.72. The SMILES string of the molecule is [S]C1CC1Br. The van der Waals surface area contributed by atoms with Crippen LogP contribution >= 0.6 is 28.6 Å². The van der Waals surface area contributed by atoms with Gasteiger partial charge in [-0.2, -0.15) is 0 Å². The van der Waals surface area contributed by atoms with E-state index in [0.717, 1.165) is 0 Å². The van der Waals surface area contributed by atoms with Crippen molar-refractivity contribution in [2.24, 2.45) is 0 Å². The van der Waals surface area contributed by atoms with Crippen LogP contribution in [0.3, 0.4) is 0 Å². The van der Waals surface area contributed by atoms with Crippen molar-refractivity contribution in [1.82, 2.24) is 0 Å². The van der Waals surface area contributed by atoms with Gasteiger partial charge in [0.2, 0.25) is 0 Å². The van der Waals surface area contributed by atoms with Gasteiger partial charge >= 0.3 is 0 Å². The summed E-state index contributed by atoms with van der Waals surface area (Å²) in [5.41, 5.74) is 0. The first-order chi connectivity index (χ1) is 2.30. The summed E-state index contributed by atoms with van der Waals surface area (Å²) >= 11 is 8.15. The van der Waals surface area contributed by atoms with Crippen molar-refractivity contribution in [3.8, 4) is 0 Å². The van der Waals surface area contributed by atoms with E-state index in [1.165, 1.54) is 6.42 Å². The minimum Gasteiger partial charge on any atom is -0.0892 e. The van der Waals surface area contributed by atoms with Gasteiger partial charge in [0.25, 0.3) is 0 Å². The molecule has 29 valence electrons. The van der Waals surface area contributed by atoms with E-state index in [9.17, 15) is 0 Å². The topological polar surface area (TPSA) is 0 Å². The molecule has 1 rings (SSSR count). The van der Waals surface area contributed by atoms with E-state index in [4.69, 9.17) is 12.6 Å². The van der Waals surface area contributed by atoms with Crippen LogP contribution in [0.4, 0.5) is 0 Å². The highest BCUT2D eigenvalue weighted by atomic mass is 79.9.